The number of aliphatic hydroxyl groups excluding tert-OH is 1. The summed E-state index contributed by atoms with van der Waals surface area (Å²) in [6, 6.07) is 12.1. The molecule has 2 rings (SSSR count). The second-order valence-electron chi connectivity index (χ2n) is 5.20. The van der Waals surface area contributed by atoms with Gasteiger partial charge in [-0.2, -0.15) is 9.13 Å². The Labute approximate surface area is 148 Å². The minimum absolute atomic E-state index is 0.146. The van der Waals surface area contributed by atoms with Crippen LogP contribution >= 0.6 is 15.9 Å². The van der Waals surface area contributed by atoms with Crippen LogP contribution in [-0.4, -0.2) is 35.8 Å². The highest BCUT2D eigenvalue weighted by atomic mass is 79.9. The number of ether oxygens (including phenoxy) is 1. The maximum absolute atomic E-state index is 13.8. The summed E-state index contributed by atoms with van der Waals surface area (Å²) in [6.07, 6.45) is -0.757. The van der Waals surface area contributed by atoms with E-state index in [1.807, 2.05) is 30.3 Å². The van der Waals surface area contributed by atoms with Gasteiger partial charge in [0, 0.05) is 23.2 Å². The topological polar surface area (TPSA) is 67.6 Å². The molecule has 0 fully saturated rings. The Hall–Kier alpha value is -1.96. The van der Waals surface area contributed by atoms with Crippen molar-refractivity contribution in [2.45, 2.75) is 12.7 Å². The fourth-order valence-corrected chi connectivity index (χ4v) is 2.51. The van der Waals surface area contributed by atoms with Crippen molar-refractivity contribution < 1.29 is 19.0 Å². The van der Waals surface area contributed by atoms with Crippen molar-refractivity contribution in [3.63, 3.8) is 0 Å². The van der Waals surface area contributed by atoms with Gasteiger partial charge in [0.2, 0.25) is 0 Å². The Morgan fingerprint density at radius 2 is 2.04 bits per heavy atom. The van der Waals surface area contributed by atoms with E-state index in [1.54, 1.807) is 0 Å². The first-order valence-electron chi connectivity index (χ1n) is 7.27. The molecule has 2 aromatic rings. The van der Waals surface area contributed by atoms with Gasteiger partial charge in [-0.15, -0.1) is 0 Å². The van der Waals surface area contributed by atoms with Gasteiger partial charge in [-0.1, -0.05) is 30.3 Å². The van der Waals surface area contributed by atoms with Crippen LogP contribution in [0.5, 0.6) is 0 Å². The average molecular weight is 397 g/mol. The number of halogens is 2. The number of nitrogens with zero attached hydrogens (tertiary/aromatic N) is 1. The van der Waals surface area contributed by atoms with E-state index in [0.29, 0.717) is 16.8 Å². The Balaban J connectivity index is 1.82. The van der Waals surface area contributed by atoms with Crippen LogP contribution in [-0.2, 0) is 11.3 Å². The molecule has 0 unspecified atom stereocenters. The van der Waals surface area contributed by atoms with Crippen molar-refractivity contribution in [2.75, 3.05) is 18.5 Å². The summed E-state index contributed by atoms with van der Waals surface area (Å²) in [6.45, 7) is 3.85. The number of hydrogen-bond acceptors (Lipinski definition) is 4. The van der Waals surface area contributed by atoms with E-state index in [0.717, 1.165) is 5.56 Å². The molecule has 0 spiro atoms. The van der Waals surface area contributed by atoms with Gasteiger partial charge in [0.15, 0.2) is 5.82 Å². The first-order valence-corrected chi connectivity index (χ1v) is 8.07. The molecule has 0 radical (unpaired) electrons. The molecular weight excluding hydrogens is 379 g/mol. The zero-order chi connectivity index (χ0) is 17.5. The van der Waals surface area contributed by atoms with E-state index in [4.69, 9.17) is 4.74 Å². The molecule has 0 aliphatic carbocycles. The normalized spacial score (nSPS) is 12.0. The molecule has 7 heteroatoms. The number of aliphatic hydroxyl groups is 1. The Kier molecular flexibility index (Phi) is 6.72. The van der Waals surface area contributed by atoms with Gasteiger partial charge < -0.3 is 20.4 Å². The number of benzene rings is 2. The summed E-state index contributed by atoms with van der Waals surface area (Å²) in [4.78, 5) is 0. The molecule has 0 heterocycles. The minimum Gasteiger partial charge on any atom is -0.619 e. The molecule has 2 N–H and O–H groups in total. The predicted octanol–water partition coefficient (Wildman–Crippen LogP) is 3.42. The summed E-state index contributed by atoms with van der Waals surface area (Å²) in [5.74, 6) is -0.694. The van der Waals surface area contributed by atoms with Crippen molar-refractivity contribution in [1.29, 1.82) is 0 Å². The van der Waals surface area contributed by atoms with Crippen LogP contribution in [0.15, 0.2) is 46.9 Å². The molecule has 0 saturated carbocycles. The summed E-state index contributed by atoms with van der Waals surface area (Å²) in [7, 11) is 0. The fraction of sp³-hybridized carbons (Fsp3) is 0.235. The lowest BCUT2D eigenvalue weighted by Gasteiger charge is -2.15. The number of rotatable bonds is 8. The molecule has 0 aliphatic heterocycles. The van der Waals surface area contributed by atoms with Crippen LogP contribution in [0.25, 0.3) is 0 Å². The van der Waals surface area contributed by atoms with E-state index in [2.05, 4.69) is 28.0 Å². The van der Waals surface area contributed by atoms with Crippen LogP contribution in [0, 0.1) is 11.0 Å². The fourth-order valence-electron chi connectivity index (χ4n) is 2.04. The Bertz CT molecular complexity index is 698. The van der Waals surface area contributed by atoms with E-state index in [9.17, 15) is 14.7 Å². The van der Waals surface area contributed by atoms with Crippen molar-refractivity contribution in [3.05, 3.63) is 63.5 Å². The highest BCUT2D eigenvalue weighted by Gasteiger charge is 2.14. The van der Waals surface area contributed by atoms with Crippen molar-refractivity contribution in [1.82, 2.24) is 0 Å². The smallest absolute Gasteiger partial charge is 0.253 e. The van der Waals surface area contributed by atoms with E-state index in [1.165, 1.54) is 12.1 Å². The molecular formula is C17H18BrFN2O3. The maximum Gasteiger partial charge on any atom is 0.253 e. The standard InChI is InChI=1S/C17H18BrFN2O3/c1-21(23)17-7-14(18)16(8-15(17)19)20-9-13(22)11-24-10-12-5-3-2-4-6-12/h2-8,13,20,22H,1,9-11H2/t13-/m1/s1. The van der Waals surface area contributed by atoms with Crippen molar-refractivity contribution in [3.8, 4) is 0 Å². The lowest BCUT2D eigenvalue weighted by molar-refractivity contribution is -0.352. The van der Waals surface area contributed by atoms with Crippen LogP contribution < -0.4 is 5.32 Å². The van der Waals surface area contributed by atoms with Gasteiger partial charge in [0.25, 0.3) is 5.69 Å². The molecule has 0 bridgehead atoms. The zero-order valence-corrected chi connectivity index (χ0v) is 14.5. The highest BCUT2D eigenvalue weighted by Crippen LogP contribution is 2.29. The summed E-state index contributed by atoms with van der Waals surface area (Å²) < 4.78 is 19.9. The third-order valence-corrected chi connectivity index (χ3v) is 3.91. The Morgan fingerprint density at radius 1 is 1.33 bits per heavy atom. The molecule has 1 atom stereocenters. The highest BCUT2D eigenvalue weighted by molar-refractivity contribution is 9.10. The minimum atomic E-state index is -0.757. The largest absolute Gasteiger partial charge is 0.619 e. The van der Waals surface area contributed by atoms with Gasteiger partial charge in [-0.25, -0.2) is 0 Å². The van der Waals surface area contributed by atoms with Gasteiger partial charge in [0.1, 0.15) is 6.72 Å². The zero-order valence-electron chi connectivity index (χ0n) is 12.9. The maximum atomic E-state index is 13.8. The summed E-state index contributed by atoms with van der Waals surface area (Å²) >= 11 is 3.25. The van der Waals surface area contributed by atoms with Gasteiger partial charge in [0.05, 0.1) is 25.0 Å². The molecule has 0 aromatic heterocycles. The van der Waals surface area contributed by atoms with E-state index >= 15 is 0 Å². The lowest BCUT2D eigenvalue weighted by atomic mass is 10.2. The Morgan fingerprint density at radius 3 is 2.71 bits per heavy atom. The monoisotopic (exact) mass is 396 g/mol. The number of hydrogen-bond donors (Lipinski definition) is 2. The third kappa shape index (κ3) is 5.30. The van der Waals surface area contributed by atoms with Crippen LogP contribution in [0.2, 0.25) is 0 Å². The quantitative estimate of drug-likeness (QED) is 0.310. The number of anilines is 1. The first kappa shape index (κ1) is 18.4. The number of nitrogens with one attached hydrogen (secondary N) is 1. The molecule has 2 aromatic carbocycles. The van der Waals surface area contributed by atoms with Crippen molar-refractivity contribution in [2.24, 2.45) is 0 Å². The predicted molar refractivity (Wildman–Crippen MR) is 95.1 cm³/mol. The average Bonchev–Trinajstić information content (AvgIpc) is 2.56. The SMILES string of the molecule is C=[N+]([O-])c1cc(Br)c(NC[C@@H](O)COCc2ccccc2)cc1F. The molecule has 0 aliphatic rings. The van der Waals surface area contributed by atoms with E-state index in [-0.39, 0.29) is 23.6 Å². The van der Waals surface area contributed by atoms with Crippen molar-refractivity contribution >= 4 is 34.0 Å². The summed E-state index contributed by atoms with van der Waals surface area (Å²) in [5.41, 5.74) is 1.28. The second kappa shape index (κ2) is 8.77. The van der Waals surface area contributed by atoms with Crippen LogP contribution in [0.1, 0.15) is 5.56 Å². The molecule has 5 nitrogen and oxygen atoms in total. The molecule has 0 amide bonds. The van der Waals surface area contributed by atoms with Gasteiger partial charge in [-0.05, 0) is 21.5 Å². The van der Waals surface area contributed by atoms with Crippen LogP contribution in [0.4, 0.5) is 15.8 Å². The summed E-state index contributed by atoms with van der Waals surface area (Å²) in [5, 5.41) is 23.9. The van der Waals surface area contributed by atoms with E-state index < -0.39 is 11.9 Å². The first-order chi connectivity index (χ1) is 11.5. The van der Waals surface area contributed by atoms with Crippen LogP contribution in [0.3, 0.4) is 0 Å². The second-order valence-corrected chi connectivity index (χ2v) is 6.05. The molecule has 0 saturated heterocycles. The van der Waals surface area contributed by atoms with Gasteiger partial charge >= 0.3 is 0 Å². The van der Waals surface area contributed by atoms with Gasteiger partial charge in [-0.3, -0.25) is 0 Å². The third-order valence-electron chi connectivity index (χ3n) is 3.26. The molecule has 24 heavy (non-hydrogen) atoms. The lowest BCUT2D eigenvalue weighted by Crippen LogP contribution is -2.25. The molecule has 128 valence electrons.